The van der Waals surface area contributed by atoms with Crippen molar-refractivity contribution in [1.82, 2.24) is 5.32 Å². The highest BCUT2D eigenvalue weighted by Gasteiger charge is 2.36. The highest BCUT2D eigenvalue weighted by Crippen LogP contribution is 2.39. The van der Waals surface area contributed by atoms with Gasteiger partial charge in [0.2, 0.25) is 0 Å². The van der Waals surface area contributed by atoms with Crippen LogP contribution in [0.2, 0.25) is 0 Å². The first kappa shape index (κ1) is 15.0. The molecule has 106 valence electrons. The number of terminal acetylenes is 2. The van der Waals surface area contributed by atoms with E-state index in [1.807, 2.05) is 12.2 Å². The van der Waals surface area contributed by atoms with Crippen LogP contribution in [0.3, 0.4) is 0 Å². The highest BCUT2D eigenvalue weighted by atomic mass is 15.0. The van der Waals surface area contributed by atoms with Crippen molar-refractivity contribution in [2.45, 2.75) is 57.0 Å². The van der Waals surface area contributed by atoms with Gasteiger partial charge in [-0.15, -0.1) is 12.8 Å². The van der Waals surface area contributed by atoms with Crippen molar-refractivity contribution < 1.29 is 0 Å². The van der Waals surface area contributed by atoms with Gasteiger partial charge in [0.05, 0.1) is 0 Å². The molecular formula is C19H25N. The first-order valence-corrected chi connectivity index (χ1v) is 7.83. The van der Waals surface area contributed by atoms with E-state index >= 15 is 0 Å². The smallest absolute Gasteiger partial charge is 0.0105 e. The Morgan fingerprint density at radius 3 is 2.45 bits per heavy atom. The maximum Gasteiger partial charge on any atom is 0.0105 e. The second-order valence-corrected chi connectivity index (χ2v) is 6.01. The van der Waals surface area contributed by atoms with E-state index in [4.69, 9.17) is 12.8 Å². The van der Waals surface area contributed by atoms with Gasteiger partial charge in [0.15, 0.2) is 0 Å². The number of rotatable bonds is 4. The van der Waals surface area contributed by atoms with E-state index in [2.05, 4.69) is 29.3 Å². The number of hydrogen-bond donors (Lipinski definition) is 1. The molecule has 0 aromatic rings. The van der Waals surface area contributed by atoms with Crippen LogP contribution < -0.4 is 5.32 Å². The molecule has 20 heavy (non-hydrogen) atoms. The number of piperidine rings is 1. The van der Waals surface area contributed by atoms with Crippen molar-refractivity contribution in [3.63, 3.8) is 0 Å². The largest absolute Gasteiger partial charge is 0.311 e. The lowest BCUT2D eigenvalue weighted by atomic mass is 9.69. The topological polar surface area (TPSA) is 12.0 Å². The Balaban J connectivity index is 1.87. The van der Waals surface area contributed by atoms with Gasteiger partial charge in [0.25, 0.3) is 0 Å². The van der Waals surface area contributed by atoms with Crippen LogP contribution in [0, 0.1) is 36.5 Å². The lowest BCUT2D eigenvalue weighted by Gasteiger charge is -2.44. The minimum absolute atomic E-state index is 0.612. The van der Waals surface area contributed by atoms with Crippen LogP contribution in [-0.4, -0.2) is 12.1 Å². The summed E-state index contributed by atoms with van der Waals surface area (Å²) in [5.41, 5.74) is 0. The van der Waals surface area contributed by atoms with Gasteiger partial charge in [-0.25, -0.2) is 0 Å². The lowest BCUT2D eigenvalue weighted by molar-refractivity contribution is 0.117. The van der Waals surface area contributed by atoms with Gasteiger partial charge in [-0.2, -0.15) is 0 Å². The van der Waals surface area contributed by atoms with E-state index in [9.17, 15) is 0 Å². The third-order valence-corrected chi connectivity index (χ3v) is 4.80. The van der Waals surface area contributed by atoms with Crippen LogP contribution in [0.25, 0.3) is 0 Å². The van der Waals surface area contributed by atoms with E-state index in [1.165, 1.54) is 32.1 Å². The predicted octanol–water partition coefficient (Wildman–Crippen LogP) is 3.68. The number of allylic oxidation sites excluding steroid dienone is 3. The summed E-state index contributed by atoms with van der Waals surface area (Å²) >= 11 is 0. The maximum atomic E-state index is 5.28. The van der Waals surface area contributed by atoms with Crippen molar-refractivity contribution in [3.8, 4) is 24.7 Å². The molecule has 1 saturated carbocycles. The minimum atomic E-state index is 0.612. The average Bonchev–Trinajstić information content (AvgIpc) is 2.48. The fourth-order valence-corrected chi connectivity index (χ4v) is 3.87. The molecule has 1 N–H and O–H groups in total. The van der Waals surface area contributed by atoms with Gasteiger partial charge in [0.1, 0.15) is 0 Å². The van der Waals surface area contributed by atoms with Crippen molar-refractivity contribution >= 4 is 0 Å². The Kier molecular flexibility index (Phi) is 5.97. The van der Waals surface area contributed by atoms with E-state index in [-0.39, 0.29) is 0 Å². The fourth-order valence-electron chi connectivity index (χ4n) is 3.87. The van der Waals surface area contributed by atoms with E-state index in [1.54, 1.807) is 0 Å². The molecular weight excluding hydrogens is 242 g/mol. The Bertz CT molecular complexity index is 432. The van der Waals surface area contributed by atoms with Gasteiger partial charge < -0.3 is 5.32 Å². The summed E-state index contributed by atoms with van der Waals surface area (Å²) in [4.78, 5) is 0. The summed E-state index contributed by atoms with van der Waals surface area (Å²) in [6.45, 7) is 0. The van der Waals surface area contributed by atoms with Gasteiger partial charge in [0, 0.05) is 12.1 Å². The highest BCUT2D eigenvalue weighted by molar-refractivity contribution is 5.10. The van der Waals surface area contributed by atoms with Crippen LogP contribution in [0.15, 0.2) is 24.3 Å². The molecule has 1 nitrogen and oxygen atoms in total. The van der Waals surface area contributed by atoms with Gasteiger partial charge in [-0.1, -0.05) is 30.4 Å². The molecule has 1 heterocycles. The monoisotopic (exact) mass is 267 g/mol. The fraction of sp³-hybridized carbons (Fsp3) is 0.579. The molecule has 1 aliphatic carbocycles. The zero-order valence-electron chi connectivity index (χ0n) is 12.2. The van der Waals surface area contributed by atoms with Crippen LogP contribution >= 0.6 is 0 Å². The summed E-state index contributed by atoms with van der Waals surface area (Å²) in [5.74, 6) is 6.81. The van der Waals surface area contributed by atoms with Crippen molar-refractivity contribution in [3.05, 3.63) is 24.3 Å². The summed E-state index contributed by atoms with van der Waals surface area (Å²) < 4.78 is 0. The van der Waals surface area contributed by atoms with E-state index in [0.717, 1.165) is 24.7 Å². The van der Waals surface area contributed by atoms with Gasteiger partial charge >= 0.3 is 0 Å². The molecule has 0 aromatic heterocycles. The minimum Gasteiger partial charge on any atom is -0.311 e. The SMILES string of the molecule is C#CC=CCC1CCC2C(CC=CC#C)CCCC2N1. The predicted molar refractivity (Wildman–Crippen MR) is 86.0 cm³/mol. The molecule has 1 saturated heterocycles. The lowest BCUT2D eigenvalue weighted by Crippen LogP contribution is -2.51. The van der Waals surface area contributed by atoms with Crippen molar-refractivity contribution in [1.29, 1.82) is 0 Å². The summed E-state index contributed by atoms with van der Waals surface area (Å²) in [6, 6.07) is 1.31. The third kappa shape index (κ3) is 4.03. The normalized spacial score (nSPS) is 33.7. The maximum absolute atomic E-state index is 5.28. The second-order valence-electron chi connectivity index (χ2n) is 6.01. The molecule has 2 fully saturated rings. The van der Waals surface area contributed by atoms with Crippen LogP contribution in [0.4, 0.5) is 0 Å². The molecule has 0 bridgehead atoms. The Morgan fingerprint density at radius 1 is 0.950 bits per heavy atom. The first-order valence-electron chi connectivity index (χ1n) is 7.83. The number of hydrogen-bond acceptors (Lipinski definition) is 1. The molecule has 0 amide bonds. The Morgan fingerprint density at radius 2 is 1.70 bits per heavy atom. The van der Waals surface area contributed by atoms with E-state index < -0.39 is 0 Å². The quantitative estimate of drug-likeness (QED) is 0.766. The average molecular weight is 267 g/mol. The Hall–Kier alpha value is -1.44. The molecule has 0 aromatic carbocycles. The molecule has 0 radical (unpaired) electrons. The van der Waals surface area contributed by atoms with Crippen LogP contribution in [0.1, 0.15) is 44.9 Å². The molecule has 4 atom stereocenters. The summed E-state index contributed by atoms with van der Waals surface area (Å²) in [5, 5.41) is 3.85. The summed E-state index contributed by atoms with van der Waals surface area (Å²) in [7, 11) is 0. The molecule has 1 aliphatic heterocycles. The zero-order valence-corrected chi connectivity index (χ0v) is 12.2. The molecule has 2 rings (SSSR count). The van der Waals surface area contributed by atoms with Gasteiger partial charge in [-0.05, 0) is 62.5 Å². The third-order valence-electron chi connectivity index (χ3n) is 4.80. The first-order chi connectivity index (χ1) is 9.85. The van der Waals surface area contributed by atoms with Crippen molar-refractivity contribution in [2.75, 3.05) is 0 Å². The number of nitrogens with one attached hydrogen (secondary N) is 1. The molecule has 2 aliphatic rings. The van der Waals surface area contributed by atoms with Gasteiger partial charge in [-0.3, -0.25) is 0 Å². The zero-order chi connectivity index (χ0) is 14.2. The van der Waals surface area contributed by atoms with Crippen molar-refractivity contribution in [2.24, 2.45) is 11.8 Å². The number of fused-ring (bicyclic) bond motifs is 1. The van der Waals surface area contributed by atoms with Crippen LogP contribution in [0.5, 0.6) is 0 Å². The van der Waals surface area contributed by atoms with Crippen LogP contribution in [-0.2, 0) is 0 Å². The molecule has 0 spiro atoms. The second kappa shape index (κ2) is 7.98. The van der Waals surface area contributed by atoms with E-state index in [0.29, 0.717) is 12.1 Å². The summed E-state index contributed by atoms with van der Waals surface area (Å²) in [6.07, 6.45) is 27.4. The molecule has 1 heteroatoms. The Labute approximate surface area is 123 Å². The molecule has 4 unspecified atom stereocenters. The standard InChI is InChI=1S/C19H25N/c1-3-5-7-10-16-11-9-13-19-18(16)15-14-17(20-19)12-8-6-4-2/h1-2,5-8,16-20H,9-15H2.